The Morgan fingerprint density at radius 1 is 0.769 bits per heavy atom. The molecule has 0 radical (unpaired) electrons. The van der Waals surface area contributed by atoms with Crippen LogP contribution in [0.2, 0.25) is 0 Å². The topological polar surface area (TPSA) is 47.6 Å². The van der Waals surface area contributed by atoms with E-state index in [0.29, 0.717) is 18.4 Å². The lowest BCUT2D eigenvalue weighted by Crippen LogP contribution is -2.40. The highest BCUT2D eigenvalue weighted by atomic mass is 31.2. The van der Waals surface area contributed by atoms with E-state index in [0.717, 1.165) is 36.8 Å². The van der Waals surface area contributed by atoms with Crippen molar-refractivity contribution in [1.29, 1.82) is 0 Å². The summed E-state index contributed by atoms with van der Waals surface area (Å²) in [5, 5.41) is 3.68. The van der Waals surface area contributed by atoms with E-state index < -0.39 is 13.4 Å². The predicted molar refractivity (Wildman–Crippen MR) is 158 cm³/mol. The van der Waals surface area contributed by atoms with Gasteiger partial charge in [0.2, 0.25) is 0 Å². The van der Waals surface area contributed by atoms with Crippen molar-refractivity contribution < 1.29 is 13.6 Å². The minimum absolute atomic E-state index is 0.00475. The summed E-state index contributed by atoms with van der Waals surface area (Å²) in [7, 11) is -3.66. The van der Waals surface area contributed by atoms with Gasteiger partial charge in [0.1, 0.15) is 5.78 Å². The van der Waals surface area contributed by atoms with Gasteiger partial charge in [-0.05, 0) is 83.1 Å². The fourth-order valence-corrected chi connectivity index (χ4v) is 11.4. The Hall–Kier alpha value is -1.45. The zero-order chi connectivity index (χ0) is 27.7. The smallest absolute Gasteiger partial charge is 0.303 e. The first kappa shape index (κ1) is 27.7. The number of fused-ring (bicyclic) bond motifs is 4. The predicted octanol–water partition coefficient (Wildman–Crippen LogP) is 9.13. The number of rotatable bonds is 9. The molecule has 0 aliphatic heterocycles. The van der Waals surface area contributed by atoms with Gasteiger partial charge < -0.3 is 9.05 Å². The molecule has 39 heavy (non-hydrogen) atoms. The van der Waals surface area contributed by atoms with E-state index in [1.165, 1.54) is 12.8 Å². The van der Waals surface area contributed by atoms with Crippen LogP contribution in [0, 0.1) is 33.5 Å². The summed E-state index contributed by atoms with van der Waals surface area (Å²) in [5.41, 5.74) is 2.46. The van der Waals surface area contributed by atoms with Crippen molar-refractivity contribution >= 4 is 7.60 Å². The summed E-state index contributed by atoms with van der Waals surface area (Å²) in [6.45, 7) is 14.9. The Balaban J connectivity index is 1.38. The Morgan fingerprint density at radius 2 is 1.23 bits per heavy atom. The molecule has 0 amide bonds. The van der Waals surface area contributed by atoms with Crippen molar-refractivity contribution in [2.45, 2.75) is 105 Å². The third kappa shape index (κ3) is 4.23. The monoisotopic (exact) mass is 549 g/mol. The Kier molecular flexibility index (Phi) is 6.78. The van der Waals surface area contributed by atoms with Gasteiger partial charge in [-0.15, -0.1) is 0 Å². The molecule has 0 aromatic heterocycles. The maximum Gasteiger partial charge on any atom is 0.352 e. The minimum atomic E-state index is -3.66. The molecular weight excluding hydrogens is 501 g/mol. The van der Waals surface area contributed by atoms with Crippen molar-refractivity contribution in [3.05, 3.63) is 71.8 Å². The number of hydrogen-bond donors (Lipinski definition) is 1. The molecule has 8 atom stereocenters. The average Bonchev–Trinajstić information content (AvgIpc) is 3.42. The van der Waals surface area contributed by atoms with Gasteiger partial charge in [0, 0.05) is 6.54 Å². The van der Waals surface area contributed by atoms with Crippen molar-refractivity contribution in [1.82, 2.24) is 5.32 Å². The molecule has 5 heteroatoms. The van der Waals surface area contributed by atoms with E-state index in [2.05, 4.69) is 83.3 Å². The number of benzene rings is 2. The van der Waals surface area contributed by atoms with Crippen molar-refractivity contribution in [3.63, 3.8) is 0 Å². The average molecular weight is 550 g/mol. The molecule has 0 spiro atoms. The minimum Gasteiger partial charge on any atom is -0.303 e. The third-order valence-corrected chi connectivity index (χ3v) is 15.0. The van der Waals surface area contributed by atoms with Crippen molar-refractivity contribution in [2.24, 2.45) is 33.5 Å². The second-order valence-electron chi connectivity index (χ2n) is 14.6. The third-order valence-electron chi connectivity index (χ3n) is 12.8. The first-order valence-electron chi connectivity index (χ1n) is 15.2. The highest BCUT2D eigenvalue weighted by Crippen LogP contribution is 2.74. The van der Waals surface area contributed by atoms with Gasteiger partial charge in [-0.3, -0.25) is 9.88 Å². The van der Waals surface area contributed by atoms with Crippen LogP contribution in [-0.4, -0.2) is 12.2 Å². The lowest BCUT2D eigenvalue weighted by atomic mass is 9.70. The molecule has 1 N–H and O–H groups in total. The van der Waals surface area contributed by atoms with Crippen LogP contribution in [0.1, 0.15) is 97.0 Å². The molecule has 4 aliphatic carbocycles. The van der Waals surface area contributed by atoms with E-state index in [9.17, 15) is 0 Å². The first-order valence-corrected chi connectivity index (χ1v) is 16.8. The molecule has 2 aromatic carbocycles. The standard InChI is InChI=1S/C34H48NO3P/c1-31(2)26-17-19-33(31,5)28(21-26)37-39(36,38-29-22-27-18-20-34(29,6)32(27,3)4)30(25-15-11-8-12-16-25)35-23-24-13-9-7-10-14-24/h7-16,26-30,35H,17-23H2,1-6H3/t26-,27+,28-,29-,30+,33+,34+,39?/m1/s1. The quantitative estimate of drug-likeness (QED) is 0.317. The number of nitrogens with one attached hydrogen (secondary N) is 1. The van der Waals surface area contributed by atoms with E-state index >= 15 is 4.57 Å². The van der Waals surface area contributed by atoms with E-state index in [4.69, 9.17) is 9.05 Å². The summed E-state index contributed by atoms with van der Waals surface area (Å²) in [6.07, 6.45) is 6.51. The number of hydrogen-bond acceptors (Lipinski definition) is 4. The van der Waals surface area contributed by atoms with Gasteiger partial charge in [0.05, 0.1) is 12.2 Å². The normalized spacial score (nSPS) is 38.1. The zero-order valence-corrected chi connectivity index (χ0v) is 25.7. The summed E-state index contributed by atoms with van der Waals surface area (Å²) >= 11 is 0. The van der Waals surface area contributed by atoms with Gasteiger partial charge in [-0.2, -0.15) is 0 Å². The van der Waals surface area contributed by atoms with E-state index in [-0.39, 0.29) is 33.9 Å². The van der Waals surface area contributed by atoms with Crippen LogP contribution in [0.3, 0.4) is 0 Å². The Labute approximate surface area is 236 Å². The van der Waals surface area contributed by atoms with Crippen LogP contribution in [0.5, 0.6) is 0 Å². The molecule has 0 saturated heterocycles. The van der Waals surface area contributed by atoms with E-state index in [1.807, 2.05) is 24.3 Å². The molecule has 6 rings (SSSR count). The van der Waals surface area contributed by atoms with Crippen LogP contribution in [0.25, 0.3) is 0 Å². The van der Waals surface area contributed by atoms with Crippen LogP contribution < -0.4 is 5.32 Å². The van der Waals surface area contributed by atoms with Gasteiger partial charge in [0.25, 0.3) is 0 Å². The maximum absolute atomic E-state index is 15.6. The van der Waals surface area contributed by atoms with Crippen molar-refractivity contribution in [2.75, 3.05) is 0 Å². The van der Waals surface area contributed by atoms with Gasteiger partial charge in [-0.25, -0.2) is 0 Å². The summed E-state index contributed by atoms with van der Waals surface area (Å²) in [4.78, 5) is 0. The van der Waals surface area contributed by atoms with Gasteiger partial charge in [-0.1, -0.05) is 102 Å². The van der Waals surface area contributed by atoms with E-state index in [1.54, 1.807) is 0 Å². The first-order chi connectivity index (χ1) is 18.4. The molecule has 4 bridgehead atoms. The van der Waals surface area contributed by atoms with Crippen LogP contribution in [0.4, 0.5) is 0 Å². The van der Waals surface area contributed by atoms with Gasteiger partial charge >= 0.3 is 7.60 Å². The summed E-state index contributed by atoms with van der Waals surface area (Å²) in [6, 6.07) is 20.6. The molecule has 4 nitrogen and oxygen atoms in total. The largest absolute Gasteiger partial charge is 0.352 e. The molecule has 4 saturated carbocycles. The zero-order valence-electron chi connectivity index (χ0n) is 24.8. The molecule has 4 aliphatic rings. The molecule has 2 aromatic rings. The molecule has 212 valence electrons. The van der Waals surface area contributed by atoms with Crippen LogP contribution in [0.15, 0.2) is 60.7 Å². The SMILES string of the molecule is CC1(C)[C@@H]2CC[C@@]1(C)[C@H](OP(=O)(O[C@@H]1C[C@@H]3CC[C@]1(C)C3(C)C)[C@H](NCc1ccccc1)c1ccccc1)C2. The second kappa shape index (κ2) is 9.55. The molecule has 1 unspecified atom stereocenters. The molecule has 4 fully saturated rings. The van der Waals surface area contributed by atoms with Gasteiger partial charge in [0.15, 0.2) is 0 Å². The Morgan fingerprint density at radius 3 is 1.64 bits per heavy atom. The molecule has 0 heterocycles. The second-order valence-corrected chi connectivity index (χ2v) is 16.6. The summed E-state index contributed by atoms with van der Waals surface area (Å²) < 4.78 is 29.7. The highest BCUT2D eigenvalue weighted by molar-refractivity contribution is 7.54. The van der Waals surface area contributed by atoms with Crippen molar-refractivity contribution in [3.8, 4) is 0 Å². The lowest BCUT2D eigenvalue weighted by Gasteiger charge is -2.44. The summed E-state index contributed by atoms with van der Waals surface area (Å²) in [5.74, 6) is 0.676. The van der Waals surface area contributed by atoms with Crippen LogP contribution >= 0.6 is 7.60 Å². The Bertz CT molecular complexity index is 1180. The fourth-order valence-electron chi connectivity index (χ4n) is 8.94. The lowest BCUT2D eigenvalue weighted by molar-refractivity contribution is -0.0174. The maximum atomic E-state index is 15.6. The molecular formula is C34H48NO3P. The fraction of sp³-hybridized carbons (Fsp3) is 0.647. The highest BCUT2D eigenvalue weighted by Gasteiger charge is 2.66. The van der Waals surface area contributed by atoms with Crippen LogP contribution in [-0.2, 0) is 20.2 Å².